The summed E-state index contributed by atoms with van der Waals surface area (Å²) in [6.07, 6.45) is 5.71. The van der Waals surface area contributed by atoms with Crippen LogP contribution >= 0.6 is 0 Å². The van der Waals surface area contributed by atoms with Crippen LogP contribution in [0.2, 0.25) is 0 Å². The number of aliphatic carboxylic acids is 1. The highest BCUT2D eigenvalue weighted by molar-refractivity contribution is 5.85. The lowest BCUT2D eigenvalue weighted by molar-refractivity contribution is -0.150. The summed E-state index contributed by atoms with van der Waals surface area (Å²) in [7, 11) is 3.44. The fourth-order valence-corrected chi connectivity index (χ4v) is 4.49. The molecule has 3 atom stereocenters. The number of carboxylic acid groups (broad SMARTS) is 1. The van der Waals surface area contributed by atoms with Crippen LogP contribution in [0.3, 0.4) is 0 Å². The average molecular weight is 372 g/mol. The summed E-state index contributed by atoms with van der Waals surface area (Å²) < 4.78 is 5.24. The largest absolute Gasteiger partial charge is 0.497 e. The SMILES string of the molecule is CC[C@@]1(C(=O)O)C[C@H](C(=O)N2CC=CCC2)[C@H](c2ccc(OC)cc2)N1C. The number of carbonyl (C=O) groups is 2. The van der Waals surface area contributed by atoms with Crippen LogP contribution in [-0.4, -0.2) is 59.6 Å². The van der Waals surface area contributed by atoms with Gasteiger partial charge in [-0.05, 0) is 44.0 Å². The topological polar surface area (TPSA) is 70.1 Å². The Morgan fingerprint density at radius 2 is 1.96 bits per heavy atom. The molecule has 2 aliphatic heterocycles. The Bertz CT molecular complexity index is 730. The molecule has 1 saturated heterocycles. The van der Waals surface area contributed by atoms with Crippen LogP contribution in [0.25, 0.3) is 0 Å². The van der Waals surface area contributed by atoms with E-state index in [0.29, 0.717) is 25.9 Å². The number of methoxy groups -OCH3 is 1. The highest BCUT2D eigenvalue weighted by Gasteiger charge is 2.56. The first-order valence-corrected chi connectivity index (χ1v) is 9.48. The van der Waals surface area contributed by atoms with E-state index in [4.69, 9.17) is 4.74 Å². The number of carbonyl (C=O) groups excluding carboxylic acids is 1. The fourth-order valence-electron chi connectivity index (χ4n) is 4.49. The third kappa shape index (κ3) is 3.34. The van der Waals surface area contributed by atoms with E-state index in [2.05, 4.69) is 6.08 Å². The summed E-state index contributed by atoms with van der Waals surface area (Å²) in [6, 6.07) is 7.32. The summed E-state index contributed by atoms with van der Waals surface area (Å²) in [6.45, 7) is 3.17. The molecule has 0 aliphatic carbocycles. The van der Waals surface area contributed by atoms with Gasteiger partial charge in [-0.3, -0.25) is 14.5 Å². The summed E-state index contributed by atoms with van der Waals surface area (Å²) in [5.41, 5.74) is -0.0860. The van der Waals surface area contributed by atoms with Crippen molar-refractivity contribution in [3.05, 3.63) is 42.0 Å². The molecule has 1 amide bonds. The molecule has 6 heteroatoms. The predicted molar refractivity (Wildman–Crippen MR) is 103 cm³/mol. The van der Waals surface area contributed by atoms with Crippen LogP contribution in [0.4, 0.5) is 0 Å². The van der Waals surface area contributed by atoms with Crippen molar-refractivity contribution in [3.63, 3.8) is 0 Å². The van der Waals surface area contributed by atoms with E-state index in [-0.39, 0.29) is 17.9 Å². The number of carboxylic acids is 1. The normalized spacial score (nSPS) is 28.3. The maximum Gasteiger partial charge on any atom is 0.324 e. The molecular formula is C21H28N2O4. The molecule has 0 unspecified atom stereocenters. The van der Waals surface area contributed by atoms with Gasteiger partial charge in [0, 0.05) is 19.1 Å². The van der Waals surface area contributed by atoms with Crippen molar-refractivity contribution in [2.45, 2.75) is 37.8 Å². The van der Waals surface area contributed by atoms with E-state index < -0.39 is 11.5 Å². The molecule has 6 nitrogen and oxygen atoms in total. The predicted octanol–water partition coefficient (Wildman–Crippen LogP) is 2.71. The molecule has 0 bridgehead atoms. The Kier molecular flexibility index (Phi) is 5.56. The monoisotopic (exact) mass is 372 g/mol. The third-order valence-corrected chi connectivity index (χ3v) is 6.16. The van der Waals surface area contributed by atoms with Crippen molar-refractivity contribution in [1.82, 2.24) is 9.80 Å². The van der Waals surface area contributed by atoms with E-state index >= 15 is 0 Å². The zero-order chi connectivity index (χ0) is 19.6. The molecule has 1 aromatic rings. The Hall–Kier alpha value is -2.34. The number of likely N-dealkylation sites (N-methyl/N-ethyl adjacent to an activating group) is 1. The Morgan fingerprint density at radius 3 is 2.48 bits per heavy atom. The number of amides is 1. The second kappa shape index (κ2) is 7.72. The Balaban J connectivity index is 1.99. The van der Waals surface area contributed by atoms with Gasteiger partial charge in [0.25, 0.3) is 0 Å². The van der Waals surface area contributed by atoms with Gasteiger partial charge in [0.1, 0.15) is 11.3 Å². The minimum absolute atomic E-state index is 0.0450. The number of rotatable bonds is 5. The highest BCUT2D eigenvalue weighted by Crippen LogP contribution is 2.48. The lowest BCUT2D eigenvalue weighted by atomic mass is 9.86. The zero-order valence-corrected chi connectivity index (χ0v) is 16.2. The molecule has 2 heterocycles. The smallest absolute Gasteiger partial charge is 0.324 e. The molecule has 2 aliphatic rings. The summed E-state index contributed by atoms with van der Waals surface area (Å²) >= 11 is 0. The summed E-state index contributed by atoms with van der Waals surface area (Å²) in [5, 5.41) is 9.99. The minimum Gasteiger partial charge on any atom is -0.497 e. The van der Waals surface area contributed by atoms with E-state index in [1.165, 1.54) is 0 Å². The Morgan fingerprint density at radius 1 is 1.26 bits per heavy atom. The standard InChI is InChI=1S/C21H28N2O4/c1-4-21(20(25)26)14-17(19(24)23-12-6-5-7-13-23)18(22(21)2)15-8-10-16(27-3)11-9-15/h5-6,8-11,17-18H,4,7,12-14H2,1-3H3,(H,25,26)/t17-,18-,21-/m0/s1. The van der Waals surface area contributed by atoms with Gasteiger partial charge in [0.15, 0.2) is 0 Å². The van der Waals surface area contributed by atoms with Crippen molar-refractivity contribution in [1.29, 1.82) is 0 Å². The third-order valence-electron chi connectivity index (χ3n) is 6.16. The van der Waals surface area contributed by atoms with Crippen LogP contribution in [-0.2, 0) is 9.59 Å². The average Bonchev–Trinajstić information content (AvgIpc) is 3.01. The first-order chi connectivity index (χ1) is 12.9. The molecule has 3 rings (SSSR count). The van der Waals surface area contributed by atoms with Crippen LogP contribution < -0.4 is 4.74 Å². The van der Waals surface area contributed by atoms with Crippen molar-refractivity contribution in [3.8, 4) is 5.75 Å². The first-order valence-electron chi connectivity index (χ1n) is 9.48. The van der Waals surface area contributed by atoms with E-state index in [9.17, 15) is 14.7 Å². The quantitative estimate of drug-likeness (QED) is 0.805. The molecule has 1 aromatic carbocycles. The maximum atomic E-state index is 13.3. The van der Waals surface area contributed by atoms with Gasteiger partial charge in [0.2, 0.25) is 5.91 Å². The number of nitrogens with zero attached hydrogens (tertiary/aromatic N) is 2. The van der Waals surface area contributed by atoms with E-state index in [1.807, 2.05) is 54.1 Å². The van der Waals surface area contributed by atoms with Crippen molar-refractivity contribution < 1.29 is 19.4 Å². The Labute approximate surface area is 160 Å². The van der Waals surface area contributed by atoms with Gasteiger partial charge < -0.3 is 14.7 Å². The van der Waals surface area contributed by atoms with Gasteiger partial charge in [-0.2, -0.15) is 0 Å². The lowest BCUT2D eigenvalue weighted by Gasteiger charge is -2.34. The van der Waals surface area contributed by atoms with Crippen LogP contribution in [0.15, 0.2) is 36.4 Å². The molecule has 0 spiro atoms. The molecule has 1 N–H and O–H groups in total. The van der Waals surface area contributed by atoms with Gasteiger partial charge >= 0.3 is 5.97 Å². The lowest BCUT2D eigenvalue weighted by Crippen LogP contribution is -2.48. The summed E-state index contributed by atoms with van der Waals surface area (Å²) in [4.78, 5) is 29.3. The number of likely N-dealkylation sites (tertiary alicyclic amines) is 1. The van der Waals surface area contributed by atoms with Crippen LogP contribution in [0.1, 0.15) is 37.8 Å². The number of benzene rings is 1. The number of hydrogen-bond donors (Lipinski definition) is 1. The van der Waals surface area contributed by atoms with E-state index in [0.717, 1.165) is 17.7 Å². The molecule has 27 heavy (non-hydrogen) atoms. The zero-order valence-electron chi connectivity index (χ0n) is 16.2. The van der Waals surface area contributed by atoms with Gasteiger partial charge in [-0.25, -0.2) is 0 Å². The van der Waals surface area contributed by atoms with Crippen LogP contribution in [0.5, 0.6) is 5.75 Å². The highest BCUT2D eigenvalue weighted by atomic mass is 16.5. The second-order valence-electron chi connectivity index (χ2n) is 7.37. The molecule has 146 valence electrons. The van der Waals surface area contributed by atoms with Gasteiger partial charge in [-0.1, -0.05) is 31.2 Å². The molecule has 0 aromatic heterocycles. The van der Waals surface area contributed by atoms with Gasteiger partial charge in [-0.15, -0.1) is 0 Å². The van der Waals surface area contributed by atoms with Crippen molar-refractivity contribution >= 4 is 11.9 Å². The van der Waals surface area contributed by atoms with Crippen molar-refractivity contribution in [2.24, 2.45) is 5.92 Å². The number of ether oxygens (including phenoxy) is 1. The van der Waals surface area contributed by atoms with Crippen LogP contribution in [0, 0.1) is 5.92 Å². The molecular weight excluding hydrogens is 344 g/mol. The summed E-state index contributed by atoms with van der Waals surface area (Å²) in [5.74, 6) is -0.460. The number of hydrogen-bond acceptors (Lipinski definition) is 4. The fraction of sp³-hybridized carbons (Fsp3) is 0.524. The molecule has 1 fully saturated rings. The van der Waals surface area contributed by atoms with Crippen molar-refractivity contribution in [2.75, 3.05) is 27.2 Å². The first kappa shape index (κ1) is 19.4. The van der Waals surface area contributed by atoms with E-state index in [1.54, 1.807) is 7.11 Å². The molecule has 0 radical (unpaired) electrons. The maximum absolute atomic E-state index is 13.3. The second-order valence-corrected chi connectivity index (χ2v) is 7.37. The molecule has 0 saturated carbocycles. The van der Waals surface area contributed by atoms with Gasteiger partial charge in [0.05, 0.1) is 13.0 Å². The minimum atomic E-state index is -1.03.